The normalized spacial score (nSPS) is 12.9. The van der Waals surface area contributed by atoms with E-state index in [1.807, 2.05) is 6.07 Å². The molecule has 0 aliphatic heterocycles. The molecule has 1 aromatic carbocycles. The number of aromatic nitrogens is 2. The predicted molar refractivity (Wildman–Crippen MR) is 82.8 cm³/mol. The van der Waals surface area contributed by atoms with E-state index < -0.39 is 0 Å². The minimum Gasteiger partial charge on any atom is -0.380 e. The summed E-state index contributed by atoms with van der Waals surface area (Å²) in [5, 5.41) is 0. The van der Waals surface area contributed by atoms with Gasteiger partial charge in [-0.25, -0.2) is 4.98 Å². The third kappa shape index (κ3) is 3.58. The van der Waals surface area contributed by atoms with Crippen molar-refractivity contribution in [3.63, 3.8) is 0 Å². The summed E-state index contributed by atoms with van der Waals surface area (Å²) in [6.07, 6.45) is 2.88. The van der Waals surface area contributed by atoms with E-state index >= 15 is 0 Å². The first-order valence-corrected chi connectivity index (χ1v) is 7.53. The largest absolute Gasteiger partial charge is 0.380 e. The van der Waals surface area contributed by atoms with Crippen LogP contribution in [-0.2, 0) is 17.7 Å². The number of fused-ring (bicyclic) bond motifs is 1. The van der Waals surface area contributed by atoms with Crippen LogP contribution in [0.2, 0.25) is 0 Å². The van der Waals surface area contributed by atoms with Crippen LogP contribution in [0.4, 0.5) is 0 Å². The second-order valence-corrected chi connectivity index (χ2v) is 5.21. The molecule has 110 valence electrons. The summed E-state index contributed by atoms with van der Waals surface area (Å²) in [4.78, 5) is 4.73. The zero-order valence-corrected chi connectivity index (χ0v) is 12.5. The first kappa shape index (κ1) is 15.0. The molecule has 0 radical (unpaired) electrons. The van der Waals surface area contributed by atoms with E-state index in [9.17, 15) is 0 Å². The number of hydrogen-bond acceptors (Lipinski definition) is 3. The van der Waals surface area contributed by atoms with Gasteiger partial charge < -0.3 is 15.0 Å². The third-order valence-corrected chi connectivity index (χ3v) is 3.31. The van der Waals surface area contributed by atoms with Gasteiger partial charge in [0.1, 0.15) is 5.82 Å². The van der Waals surface area contributed by atoms with Gasteiger partial charge in [-0.15, -0.1) is 0 Å². The molecule has 0 bridgehead atoms. The highest BCUT2D eigenvalue weighted by Crippen LogP contribution is 2.17. The van der Waals surface area contributed by atoms with Crippen LogP contribution in [0.15, 0.2) is 24.3 Å². The molecule has 0 fully saturated rings. The Morgan fingerprint density at radius 3 is 2.80 bits per heavy atom. The Labute approximate surface area is 120 Å². The first-order valence-electron chi connectivity index (χ1n) is 7.53. The zero-order valence-electron chi connectivity index (χ0n) is 12.5. The van der Waals surface area contributed by atoms with Crippen LogP contribution in [0.3, 0.4) is 0 Å². The molecule has 2 aromatic rings. The minimum atomic E-state index is 0.00830. The molecular formula is C16H25N3O. The Morgan fingerprint density at radius 2 is 2.05 bits per heavy atom. The molecular weight excluding hydrogens is 250 g/mol. The van der Waals surface area contributed by atoms with Crippen molar-refractivity contribution in [2.45, 2.75) is 45.7 Å². The predicted octanol–water partition coefficient (Wildman–Crippen LogP) is 2.74. The number of para-hydroxylation sites is 2. The quantitative estimate of drug-likeness (QED) is 0.754. The van der Waals surface area contributed by atoms with E-state index in [1.165, 1.54) is 5.52 Å². The van der Waals surface area contributed by atoms with E-state index in [4.69, 9.17) is 15.5 Å². The number of benzene rings is 1. The summed E-state index contributed by atoms with van der Waals surface area (Å²) in [6, 6.07) is 8.28. The molecule has 20 heavy (non-hydrogen) atoms. The Morgan fingerprint density at radius 1 is 1.25 bits per heavy atom. The molecule has 0 aliphatic carbocycles. The highest BCUT2D eigenvalue weighted by Gasteiger charge is 2.13. The number of nitrogens with two attached hydrogens (primary N) is 1. The lowest BCUT2D eigenvalue weighted by Gasteiger charge is -2.13. The SMILES string of the molecule is CCCOCC(N)Cc1nc2ccccc2n1CCC. The molecule has 1 aromatic heterocycles. The van der Waals surface area contributed by atoms with Crippen molar-refractivity contribution in [2.75, 3.05) is 13.2 Å². The summed E-state index contributed by atoms with van der Waals surface area (Å²) in [5.41, 5.74) is 8.41. The topological polar surface area (TPSA) is 53.1 Å². The van der Waals surface area contributed by atoms with Gasteiger partial charge in [0.25, 0.3) is 0 Å². The second kappa shape index (κ2) is 7.41. The standard InChI is InChI=1S/C16H25N3O/c1-3-9-19-15-8-6-5-7-14(15)18-16(19)11-13(17)12-20-10-4-2/h5-8,13H,3-4,9-12,17H2,1-2H3. The van der Waals surface area contributed by atoms with Crippen molar-refractivity contribution in [3.8, 4) is 0 Å². The maximum atomic E-state index is 6.16. The van der Waals surface area contributed by atoms with Crippen molar-refractivity contribution in [3.05, 3.63) is 30.1 Å². The molecule has 1 heterocycles. The number of imidazole rings is 1. The van der Waals surface area contributed by atoms with Crippen molar-refractivity contribution in [1.82, 2.24) is 9.55 Å². The molecule has 4 nitrogen and oxygen atoms in total. The van der Waals surface area contributed by atoms with Crippen LogP contribution in [-0.4, -0.2) is 28.8 Å². The lowest BCUT2D eigenvalue weighted by atomic mass is 10.2. The van der Waals surface area contributed by atoms with Crippen LogP contribution in [0.5, 0.6) is 0 Å². The summed E-state index contributed by atoms with van der Waals surface area (Å²) in [6.45, 7) is 6.65. The fraction of sp³-hybridized carbons (Fsp3) is 0.562. The maximum Gasteiger partial charge on any atom is 0.111 e. The molecule has 0 saturated carbocycles. The van der Waals surface area contributed by atoms with Crippen molar-refractivity contribution in [2.24, 2.45) is 5.73 Å². The number of hydrogen-bond donors (Lipinski definition) is 1. The number of aryl methyl sites for hydroxylation is 1. The van der Waals surface area contributed by atoms with Crippen molar-refractivity contribution in [1.29, 1.82) is 0 Å². The van der Waals surface area contributed by atoms with Crippen LogP contribution >= 0.6 is 0 Å². The molecule has 1 unspecified atom stereocenters. The average Bonchev–Trinajstić information content (AvgIpc) is 2.78. The van der Waals surface area contributed by atoms with E-state index in [0.717, 1.165) is 43.8 Å². The molecule has 0 aliphatic rings. The molecule has 2 N–H and O–H groups in total. The van der Waals surface area contributed by atoms with Gasteiger partial charge in [-0.05, 0) is 25.0 Å². The Kier molecular flexibility index (Phi) is 5.56. The number of ether oxygens (including phenoxy) is 1. The Balaban J connectivity index is 2.13. The van der Waals surface area contributed by atoms with Gasteiger partial charge in [0, 0.05) is 25.6 Å². The summed E-state index contributed by atoms with van der Waals surface area (Å²) in [5.74, 6) is 1.07. The third-order valence-electron chi connectivity index (χ3n) is 3.31. The van der Waals surface area contributed by atoms with E-state index in [2.05, 4.69) is 36.6 Å². The summed E-state index contributed by atoms with van der Waals surface area (Å²) >= 11 is 0. The molecule has 0 saturated heterocycles. The van der Waals surface area contributed by atoms with Crippen molar-refractivity contribution < 1.29 is 4.74 Å². The Bertz CT molecular complexity index is 536. The molecule has 4 heteroatoms. The van der Waals surface area contributed by atoms with Crippen LogP contribution < -0.4 is 5.73 Å². The summed E-state index contributed by atoms with van der Waals surface area (Å²) < 4.78 is 7.82. The van der Waals surface area contributed by atoms with E-state index in [-0.39, 0.29) is 6.04 Å². The highest BCUT2D eigenvalue weighted by molar-refractivity contribution is 5.75. The van der Waals surface area contributed by atoms with Gasteiger partial charge in [0.2, 0.25) is 0 Å². The number of nitrogens with zero attached hydrogens (tertiary/aromatic N) is 2. The van der Waals surface area contributed by atoms with Gasteiger partial charge in [0.05, 0.1) is 17.6 Å². The molecule has 0 amide bonds. The zero-order chi connectivity index (χ0) is 14.4. The van der Waals surface area contributed by atoms with Crippen molar-refractivity contribution >= 4 is 11.0 Å². The molecule has 1 atom stereocenters. The summed E-state index contributed by atoms with van der Waals surface area (Å²) in [7, 11) is 0. The minimum absolute atomic E-state index is 0.00830. The number of rotatable bonds is 8. The van der Waals surface area contributed by atoms with Crippen LogP contribution in [0.1, 0.15) is 32.5 Å². The molecule has 0 spiro atoms. The lowest BCUT2D eigenvalue weighted by molar-refractivity contribution is 0.120. The van der Waals surface area contributed by atoms with Gasteiger partial charge >= 0.3 is 0 Å². The van der Waals surface area contributed by atoms with E-state index in [1.54, 1.807) is 0 Å². The van der Waals surface area contributed by atoms with E-state index in [0.29, 0.717) is 6.61 Å². The lowest BCUT2D eigenvalue weighted by Crippen LogP contribution is -2.30. The van der Waals surface area contributed by atoms with Crippen LogP contribution in [0.25, 0.3) is 11.0 Å². The first-order chi connectivity index (χ1) is 9.76. The Hall–Kier alpha value is -1.39. The average molecular weight is 275 g/mol. The van der Waals surface area contributed by atoms with Gasteiger partial charge in [-0.2, -0.15) is 0 Å². The fourth-order valence-electron chi connectivity index (χ4n) is 2.43. The highest BCUT2D eigenvalue weighted by atomic mass is 16.5. The van der Waals surface area contributed by atoms with Gasteiger partial charge in [-0.1, -0.05) is 26.0 Å². The maximum absolute atomic E-state index is 6.16. The van der Waals surface area contributed by atoms with Crippen LogP contribution in [0, 0.1) is 0 Å². The smallest absolute Gasteiger partial charge is 0.111 e. The van der Waals surface area contributed by atoms with Gasteiger partial charge in [0.15, 0.2) is 0 Å². The monoisotopic (exact) mass is 275 g/mol. The molecule has 2 rings (SSSR count). The fourth-order valence-corrected chi connectivity index (χ4v) is 2.43. The second-order valence-electron chi connectivity index (χ2n) is 5.21. The van der Waals surface area contributed by atoms with Gasteiger partial charge in [-0.3, -0.25) is 0 Å².